The van der Waals surface area contributed by atoms with Crippen LogP contribution in [0.3, 0.4) is 0 Å². The third-order valence-electron chi connectivity index (χ3n) is 5.37. The number of sulfonamides is 1. The second kappa shape index (κ2) is 10.4. The van der Waals surface area contributed by atoms with Crippen molar-refractivity contribution in [3.63, 3.8) is 0 Å². The number of hydrogen-bond donors (Lipinski definition) is 0. The molecule has 2 aromatic carbocycles. The van der Waals surface area contributed by atoms with Crippen LogP contribution >= 0.6 is 11.8 Å². The molecule has 3 rings (SSSR count). The average Bonchev–Trinajstić information content (AvgIpc) is 2.78. The molecule has 8 heteroatoms. The van der Waals surface area contributed by atoms with Gasteiger partial charge in [-0.25, -0.2) is 8.42 Å². The van der Waals surface area contributed by atoms with Gasteiger partial charge in [0.15, 0.2) is 0 Å². The van der Waals surface area contributed by atoms with Gasteiger partial charge in [0.05, 0.1) is 17.2 Å². The number of anilines is 1. The van der Waals surface area contributed by atoms with Crippen molar-refractivity contribution < 1.29 is 17.9 Å². The maximum atomic E-state index is 13.7. The fraction of sp³-hybridized carbons (Fsp3) is 0.435. The number of thioether (sulfide) groups is 1. The summed E-state index contributed by atoms with van der Waals surface area (Å²) in [6.45, 7) is 5.41. The highest BCUT2D eigenvalue weighted by Gasteiger charge is 2.32. The molecule has 1 aliphatic heterocycles. The lowest BCUT2D eigenvalue weighted by Crippen LogP contribution is -2.46. The Balaban J connectivity index is 2.00. The van der Waals surface area contributed by atoms with Crippen LogP contribution in [0.25, 0.3) is 0 Å². The van der Waals surface area contributed by atoms with Crippen molar-refractivity contribution in [3.8, 4) is 5.75 Å². The summed E-state index contributed by atoms with van der Waals surface area (Å²) in [5.41, 5.74) is 0.372. The van der Waals surface area contributed by atoms with E-state index in [-0.39, 0.29) is 17.3 Å². The largest absolute Gasteiger partial charge is 0.492 e. The maximum absolute atomic E-state index is 13.7. The predicted molar refractivity (Wildman–Crippen MR) is 125 cm³/mol. The molecule has 0 N–H and O–H groups in total. The minimum Gasteiger partial charge on any atom is -0.492 e. The molecule has 0 radical (unpaired) electrons. The number of carbonyl (C=O) groups is 1. The Morgan fingerprint density at radius 1 is 1.19 bits per heavy atom. The number of para-hydroxylation sites is 2. The summed E-state index contributed by atoms with van der Waals surface area (Å²) in [7, 11) is -3.97. The van der Waals surface area contributed by atoms with Crippen LogP contribution in [0.1, 0.15) is 26.7 Å². The first-order chi connectivity index (χ1) is 14.9. The van der Waals surface area contributed by atoms with Gasteiger partial charge in [0.25, 0.3) is 10.0 Å². The second-order valence-electron chi connectivity index (χ2n) is 7.68. The number of carbonyl (C=O) groups excluding carboxylic acids is 1. The number of rotatable bonds is 8. The van der Waals surface area contributed by atoms with E-state index < -0.39 is 10.0 Å². The Bertz CT molecular complexity index is 993. The number of likely N-dealkylation sites (tertiary alicyclic amines) is 1. The molecule has 168 valence electrons. The Kier molecular flexibility index (Phi) is 7.89. The summed E-state index contributed by atoms with van der Waals surface area (Å²) < 4.78 is 34.2. The minimum atomic E-state index is -3.97. The molecule has 0 aliphatic carbocycles. The van der Waals surface area contributed by atoms with Gasteiger partial charge in [-0.2, -0.15) is 0 Å². The molecule has 6 nitrogen and oxygen atoms in total. The third-order valence-corrected chi connectivity index (χ3v) is 7.89. The van der Waals surface area contributed by atoms with E-state index in [2.05, 4.69) is 6.92 Å². The molecule has 0 spiro atoms. The SMILES string of the molecule is CCOc1ccccc1N(CC(=O)N1CCC[C@H](C)C1)S(=O)(=O)c1ccc(SC)cc1. The van der Waals surface area contributed by atoms with Crippen molar-refractivity contribution in [2.24, 2.45) is 5.92 Å². The van der Waals surface area contributed by atoms with Gasteiger partial charge in [-0.15, -0.1) is 11.8 Å². The molecule has 0 aromatic heterocycles. The monoisotopic (exact) mass is 462 g/mol. The predicted octanol–water partition coefficient (Wildman–Crippen LogP) is 4.26. The van der Waals surface area contributed by atoms with E-state index in [1.165, 1.54) is 4.31 Å². The molecule has 2 aromatic rings. The van der Waals surface area contributed by atoms with Crippen LogP contribution in [0.15, 0.2) is 58.3 Å². The van der Waals surface area contributed by atoms with E-state index >= 15 is 0 Å². The normalized spacial score (nSPS) is 16.7. The van der Waals surface area contributed by atoms with Crippen LogP contribution in [0.4, 0.5) is 5.69 Å². The topological polar surface area (TPSA) is 66.9 Å². The average molecular weight is 463 g/mol. The summed E-state index contributed by atoms with van der Waals surface area (Å²) in [6.07, 6.45) is 3.96. The molecule has 1 aliphatic rings. The number of hydrogen-bond acceptors (Lipinski definition) is 5. The lowest BCUT2D eigenvalue weighted by atomic mass is 10.0. The second-order valence-corrected chi connectivity index (χ2v) is 10.4. The number of nitrogens with zero attached hydrogens (tertiary/aromatic N) is 2. The van der Waals surface area contributed by atoms with Crippen molar-refractivity contribution in [3.05, 3.63) is 48.5 Å². The Labute approximate surface area is 189 Å². The number of benzene rings is 2. The number of piperidine rings is 1. The minimum absolute atomic E-state index is 0.149. The number of amides is 1. The third kappa shape index (κ3) is 5.54. The van der Waals surface area contributed by atoms with Crippen molar-refractivity contribution >= 4 is 33.4 Å². The molecule has 1 heterocycles. The van der Waals surface area contributed by atoms with Gasteiger partial charge in [0.1, 0.15) is 12.3 Å². The Hall–Kier alpha value is -2.19. The maximum Gasteiger partial charge on any atom is 0.264 e. The van der Waals surface area contributed by atoms with E-state index in [4.69, 9.17) is 4.74 Å². The fourth-order valence-electron chi connectivity index (χ4n) is 3.75. The molecule has 1 saturated heterocycles. The van der Waals surface area contributed by atoms with E-state index in [0.29, 0.717) is 37.1 Å². The fourth-order valence-corrected chi connectivity index (χ4v) is 5.59. The first kappa shape index (κ1) is 23.5. The summed E-state index contributed by atoms with van der Waals surface area (Å²) in [5.74, 6) is 0.661. The van der Waals surface area contributed by atoms with Crippen molar-refractivity contribution in [2.75, 3.05) is 36.8 Å². The quantitative estimate of drug-likeness (QED) is 0.549. The van der Waals surface area contributed by atoms with Crippen molar-refractivity contribution in [1.82, 2.24) is 4.90 Å². The zero-order valence-corrected chi connectivity index (χ0v) is 19.9. The van der Waals surface area contributed by atoms with Crippen LogP contribution in [-0.2, 0) is 14.8 Å². The van der Waals surface area contributed by atoms with Gasteiger partial charge in [-0.1, -0.05) is 19.1 Å². The molecule has 31 heavy (non-hydrogen) atoms. The van der Waals surface area contributed by atoms with Gasteiger partial charge in [-0.3, -0.25) is 9.10 Å². The zero-order chi connectivity index (χ0) is 22.4. The molecule has 1 fully saturated rings. The molecule has 0 unspecified atom stereocenters. The highest BCUT2D eigenvalue weighted by molar-refractivity contribution is 7.98. The van der Waals surface area contributed by atoms with Crippen molar-refractivity contribution in [1.29, 1.82) is 0 Å². The van der Waals surface area contributed by atoms with Crippen LogP contribution in [0.5, 0.6) is 5.75 Å². The van der Waals surface area contributed by atoms with E-state index in [0.717, 1.165) is 17.7 Å². The zero-order valence-electron chi connectivity index (χ0n) is 18.3. The van der Waals surface area contributed by atoms with Crippen LogP contribution in [0, 0.1) is 5.92 Å². The van der Waals surface area contributed by atoms with E-state index in [1.807, 2.05) is 13.2 Å². The van der Waals surface area contributed by atoms with Gasteiger partial charge >= 0.3 is 0 Å². The summed E-state index contributed by atoms with van der Waals surface area (Å²) in [6, 6.07) is 13.7. The molecule has 1 atom stereocenters. The molecular weight excluding hydrogens is 432 g/mol. The first-order valence-electron chi connectivity index (χ1n) is 10.5. The summed E-state index contributed by atoms with van der Waals surface area (Å²) in [5, 5.41) is 0. The van der Waals surface area contributed by atoms with E-state index in [1.54, 1.807) is 65.2 Å². The van der Waals surface area contributed by atoms with Crippen LogP contribution < -0.4 is 9.04 Å². The highest BCUT2D eigenvalue weighted by Crippen LogP contribution is 2.33. The van der Waals surface area contributed by atoms with Crippen LogP contribution in [0.2, 0.25) is 0 Å². The summed E-state index contributed by atoms with van der Waals surface area (Å²) >= 11 is 1.54. The van der Waals surface area contributed by atoms with Gasteiger partial charge < -0.3 is 9.64 Å². The molecular formula is C23H30N2O4S2. The van der Waals surface area contributed by atoms with Crippen molar-refractivity contribution in [2.45, 2.75) is 36.5 Å². The molecule has 1 amide bonds. The van der Waals surface area contributed by atoms with Gasteiger partial charge in [-0.05, 0) is 68.3 Å². The first-order valence-corrected chi connectivity index (χ1v) is 13.2. The van der Waals surface area contributed by atoms with Gasteiger partial charge in [0.2, 0.25) is 5.91 Å². The standard InChI is InChI=1S/C23H30N2O4S2/c1-4-29-22-10-6-5-9-21(22)25(17-23(26)24-15-7-8-18(2)16-24)31(27,28)20-13-11-19(30-3)12-14-20/h5-6,9-14,18H,4,7-8,15-17H2,1-3H3/t18-/m0/s1. The lowest BCUT2D eigenvalue weighted by Gasteiger charge is -2.33. The Morgan fingerprint density at radius 2 is 1.90 bits per heavy atom. The van der Waals surface area contributed by atoms with Crippen LogP contribution in [-0.4, -0.2) is 51.7 Å². The van der Waals surface area contributed by atoms with E-state index in [9.17, 15) is 13.2 Å². The smallest absolute Gasteiger partial charge is 0.264 e. The lowest BCUT2D eigenvalue weighted by molar-refractivity contribution is -0.131. The number of ether oxygens (including phenoxy) is 1. The molecule has 0 saturated carbocycles. The van der Waals surface area contributed by atoms with Gasteiger partial charge in [0, 0.05) is 18.0 Å². The molecule has 0 bridgehead atoms. The highest BCUT2D eigenvalue weighted by atomic mass is 32.2. The Morgan fingerprint density at radius 3 is 2.55 bits per heavy atom. The summed E-state index contributed by atoms with van der Waals surface area (Å²) in [4.78, 5) is 16.0.